The normalized spacial score (nSPS) is 9.88. The number of thioether (sulfide) groups is 1. The van der Waals surface area contributed by atoms with E-state index in [1.54, 1.807) is 12.1 Å². The van der Waals surface area contributed by atoms with E-state index in [1.165, 1.54) is 11.8 Å². The summed E-state index contributed by atoms with van der Waals surface area (Å²) in [5.41, 5.74) is 0.710. The van der Waals surface area contributed by atoms with E-state index >= 15 is 0 Å². The lowest BCUT2D eigenvalue weighted by Gasteiger charge is -2.16. The van der Waals surface area contributed by atoms with Crippen molar-refractivity contribution in [3.05, 3.63) is 35.9 Å². The summed E-state index contributed by atoms with van der Waals surface area (Å²) in [5.74, 6) is 0.396. The van der Waals surface area contributed by atoms with Crippen molar-refractivity contribution >= 4 is 22.7 Å². The van der Waals surface area contributed by atoms with Gasteiger partial charge in [0.2, 0.25) is 0 Å². The summed E-state index contributed by atoms with van der Waals surface area (Å²) < 4.78 is 0. The number of nitrogens with zero attached hydrogens (tertiary/aromatic N) is 1. The number of hydrogen-bond acceptors (Lipinski definition) is 3. The average molecular weight is 236 g/mol. The first kappa shape index (κ1) is 12.8. The van der Waals surface area contributed by atoms with Crippen LogP contribution in [0.5, 0.6) is 0 Å². The second-order valence-electron chi connectivity index (χ2n) is 3.40. The molecule has 0 fully saturated rings. The molecule has 0 unspecified atom stereocenters. The van der Waals surface area contributed by atoms with Crippen LogP contribution in [0.25, 0.3) is 0 Å². The third kappa shape index (κ3) is 3.70. The van der Waals surface area contributed by atoms with E-state index < -0.39 is 0 Å². The van der Waals surface area contributed by atoms with Crippen LogP contribution in [0, 0.1) is 5.41 Å². The minimum atomic E-state index is 0.0693. The lowest BCUT2D eigenvalue weighted by Crippen LogP contribution is -2.23. The van der Waals surface area contributed by atoms with Gasteiger partial charge in [0.15, 0.2) is 11.0 Å². The molecule has 0 aromatic heterocycles. The van der Waals surface area contributed by atoms with Gasteiger partial charge in [0.25, 0.3) is 0 Å². The van der Waals surface area contributed by atoms with Gasteiger partial charge in [-0.3, -0.25) is 10.2 Å². The van der Waals surface area contributed by atoms with Crippen LogP contribution in [0.3, 0.4) is 0 Å². The van der Waals surface area contributed by atoms with Crippen LogP contribution in [-0.2, 0) is 0 Å². The van der Waals surface area contributed by atoms with Crippen molar-refractivity contribution in [3.63, 3.8) is 0 Å². The number of carbonyl (C=O) groups is 1. The first-order chi connectivity index (χ1) is 7.65. The van der Waals surface area contributed by atoms with Gasteiger partial charge >= 0.3 is 0 Å². The molecule has 0 aliphatic rings. The minimum absolute atomic E-state index is 0.0693. The van der Waals surface area contributed by atoms with E-state index in [0.717, 1.165) is 6.54 Å². The minimum Gasteiger partial charge on any atom is -0.355 e. The van der Waals surface area contributed by atoms with Crippen LogP contribution in [0.4, 0.5) is 0 Å². The van der Waals surface area contributed by atoms with E-state index in [1.807, 2.05) is 37.1 Å². The Morgan fingerprint density at radius 1 is 1.38 bits per heavy atom. The summed E-state index contributed by atoms with van der Waals surface area (Å²) in [6.07, 6.45) is 0. The number of rotatable bonds is 4. The fraction of sp³-hybridized carbons (Fsp3) is 0.333. The highest BCUT2D eigenvalue weighted by molar-refractivity contribution is 8.14. The molecule has 0 heterocycles. The summed E-state index contributed by atoms with van der Waals surface area (Å²) in [7, 11) is 1.85. The zero-order chi connectivity index (χ0) is 12.0. The molecule has 0 atom stereocenters. The Balaban J connectivity index is 2.45. The Morgan fingerprint density at radius 3 is 2.56 bits per heavy atom. The zero-order valence-electron chi connectivity index (χ0n) is 9.56. The predicted molar refractivity (Wildman–Crippen MR) is 69.3 cm³/mol. The fourth-order valence-corrected chi connectivity index (χ4v) is 1.88. The molecule has 0 aliphatic heterocycles. The van der Waals surface area contributed by atoms with Crippen LogP contribution in [-0.4, -0.2) is 35.2 Å². The standard InChI is InChI=1S/C12H16N2OS/c1-3-14(2)12(13)16-9-11(15)10-7-5-4-6-8-10/h4-8,13H,3,9H2,1-2H3. The SMILES string of the molecule is CCN(C)C(=N)SCC(=O)c1ccccc1. The second-order valence-corrected chi connectivity index (χ2v) is 4.36. The van der Waals surface area contributed by atoms with Gasteiger partial charge in [-0.05, 0) is 6.92 Å². The Kier molecular flexibility index (Phi) is 5.05. The molecule has 1 rings (SSSR count). The smallest absolute Gasteiger partial charge is 0.173 e. The van der Waals surface area contributed by atoms with Crippen LogP contribution < -0.4 is 0 Å². The molecule has 1 aromatic rings. The van der Waals surface area contributed by atoms with Crippen molar-refractivity contribution < 1.29 is 4.79 Å². The number of benzene rings is 1. The van der Waals surface area contributed by atoms with E-state index in [-0.39, 0.29) is 5.78 Å². The highest BCUT2D eigenvalue weighted by atomic mass is 32.2. The van der Waals surface area contributed by atoms with Crippen molar-refractivity contribution in [3.8, 4) is 0 Å². The summed E-state index contributed by atoms with van der Waals surface area (Å²) >= 11 is 1.27. The molecular weight excluding hydrogens is 220 g/mol. The first-order valence-electron chi connectivity index (χ1n) is 5.16. The average Bonchev–Trinajstić information content (AvgIpc) is 2.35. The maximum absolute atomic E-state index is 11.7. The van der Waals surface area contributed by atoms with E-state index in [2.05, 4.69) is 0 Å². The molecule has 0 saturated heterocycles. The number of Topliss-reactive ketones (excluding diaryl/α,β-unsaturated/α-hetero) is 1. The number of carbonyl (C=O) groups excluding carboxylic acids is 1. The molecule has 16 heavy (non-hydrogen) atoms. The Morgan fingerprint density at radius 2 is 2.00 bits per heavy atom. The zero-order valence-corrected chi connectivity index (χ0v) is 10.4. The van der Waals surface area contributed by atoms with Crippen LogP contribution >= 0.6 is 11.8 Å². The largest absolute Gasteiger partial charge is 0.355 e. The highest BCUT2D eigenvalue weighted by Gasteiger charge is 2.09. The number of hydrogen-bond donors (Lipinski definition) is 1. The summed E-state index contributed by atoms with van der Waals surface area (Å²) in [6.45, 7) is 2.76. The second kappa shape index (κ2) is 6.33. The molecule has 0 aliphatic carbocycles. The topological polar surface area (TPSA) is 44.2 Å². The molecule has 0 spiro atoms. The predicted octanol–water partition coefficient (Wildman–Crippen LogP) is 2.49. The van der Waals surface area contributed by atoms with Gasteiger partial charge in [-0.15, -0.1) is 0 Å². The van der Waals surface area contributed by atoms with Gasteiger partial charge in [-0.1, -0.05) is 42.1 Å². The van der Waals surface area contributed by atoms with Gasteiger partial charge in [-0.2, -0.15) is 0 Å². The maximum atomic E-state index is 11.7. The summed E-state index contributed by atoms with van der Waals surface area (Å²) in [5, 5.41) is 8.12. The van der Waals surface area contributed by atoms with Crippen molar-refractivity contribution in [2.45, 2.75) is 6.92 Å². The van der Waals surface area contributed by atoms with Crippen molar-refractivity contribution in [2.75, 3.05) is 19.3 Å². The Hall–Kier alpha value is -1.29. The molecule has 0 saturated carbocycles. The third-order valence-corrected chi connectivity index (χ3v) is 3.25. The van der Waals surface area contributed by atoms with Crippen LogP contribution in [0.1, 0.15) is 17.3 Å². The highest BCUT2D eigenvalue weighted by Crippen LogP contribution is 2.10. The number of ketones is 1. The van der Waals surface area contributed by atoms with Crippen LogP contribution in [0.2, 0.25) is 0 Å². The lowest BCUT2D eigenvalue weighted by atomic mass is 10.2. The number of nitrogens with one attached hydrogen (secondary N) is 1. The van der Waals surface area contributed by atoms with E-state index in [9.17, 15) is 4.79 Å². The van der Waals surface area contributed by atoms with Gasteiger partial charge in [-0.25, -0.2) is 0 Å². The van der Waals surface area contributed by atoms with Crippen molar-refractivity contribution in [1.82, 2.24) is 4.90 Å². The molecule has 0 radical (unpaired) electrons. The fourth-order valence-electron chi connectivity index (χ4n) is 1.10. The van der Waals surface area contributed by atoms with Crippen LogP contribution in [0.15, 0.2) is 30.3 Å². The molecule has 3 nitrogen and oxygen atoms in total. The quantitative estimate of drug-likeness (QED) is 0.496. The van der Waals surface area contributed by atoms with Crippen molar-refractivity contribution in [1.29, 1.82) is 5.41 Å². The molecule has 1 aromatic carbocycles. The summed E-state index contributed by atoms with van der Waals surface area (Å²) in [6, 6.07) is 9.19. The molecule has 0 amide bonds. The lowest BCUT2D eigenvalue weighted by molar-refractivity contribution is 0.102. The Bertz CT molecular complexity index is 365. The Labute approximate surface area is 100 Å². The van der Waals surface area contributed by atoms with Gasteiger partial charge in [0.1, 0.15) is 0 Å². The monoisotopic (exact) mass is 236 g/mol. The first-order valence-corrected chi connectivity index (χ1v) is 6.14. The summed E-state index contributed by atoms with van der Waals surface area (Å²) in [4.78, 5) is 13.5. The molecule has 1 N–H and O–H groups in total. The van der Waals surface area contributed by atoms with Gasteiger partial charge in [0, 0.05) is 19.2 Å². The molecule has 4 heteroatoms. The number of amidine groups is 1. The molecule has 0 bridgehead atoms. The third-order valence-electron chi connectivity index (χ3n) is 2.26. The van der Waals surface area contributed by atoms with Gasteiger partial charge < -0.3 is 4.90 Å². The maximum Gasteiger partial charge on any atom is 0.173 e. The molecule has 86 valence electrons. The van der Waals surface area contributed by atoms with Crippen molar-refractivity contribution in [2.24, 2.45) is 0 Å². The molecular formula is C12H16N2OS. The van der Waals surface area contributed by atoms with E-state index in [4.69, 9.17) is 5.41 Å². The van der Waals surface area contributed by atoms with E-state index in [0.29, 0.717) is 16.5 Å². The van der Waals surface area contributed by atoms with Gasteiger partial charge in [0.05, 0.1) is 5.75 Å².